The van der Waals surface area contributed by atoms with E-state index in [9.17, 15) is 14.7 Å². The molecular formula is C15H23NO3. The van der Waals surface area contributed by atoms with E-state index in [1.165, 1.54) is 0 Å². The molecule has 1 aliphatic heterocycles. The molecule has 1 aliphatic carbocycles. The molecule has 1 heterocycles. The summed E-state index contributed by atoms with van der Waals surface area (Å²) in [4.78, 5) is 25.6. The van der Waals surface area contributed by atoms with Crippen molar-refractivity contribution in [2.75, 3.05) is 13.1 Å². The summed E-state index contributed by atoms with van der Waals surface area (Å²) in [5.41, 5.74) is -0.757. The van der Waals surface area contributed by atoms with Gasteiger partial charge in [0.25, 0.3) is 0 Å². The highest BCUT2D eigenvalue weighted by atomic mass is 16.4. The van der Waals surface area contributed by atoms with Gasteiger partial charge in [0.2, 0.25) is 5.91 Å². The zero-order valence-corrected chi connectivity index (χ0v) is 11.8. The Balaban J connectivity index is 2.01. The van der Waals surface area contributed by atoms with Crippen LogP contribution in [0.1, 0.15) is 39.5 Å². The number of hydrogen-bond donors (Lipinski definition) is 1. The van der Waals surface area contributed by atoms with Gasteiger partial charge in [-0.25, -0.2) is 0 Å². The van der Waals surface area contributed by atoms with Crippen LogP contribution in [0.15, 0.2) is 12.2 Å². The second-order valence-corrected chi connectivity index (χ2v) is 6.29. The maximum atomic E-state index is 12.4. The van der Waals surface area contributed by atoms with Gasteiger partial charge in [-0.1, -0.05) is 12.2 Å². The number of carbonyl (C=O) groups is 2. The molecule has 1 amide bonds. The second kappa shape index (κ2) is 5.35. The average molecular weight is 265 g/mol. The minimum atomic E-state index is -0.769. The fourth-order valence-corrected chi connectivity index (χ4v) is 3.02. The Hall–Kier alpha value is -1.32. The van der Waals surface area contributed by atoms with E-state index in [4.69, 9.17) is 0 Å². The predicted molar refractivity (Wildman–Crippen MR) is 72.6 cm³/mol. The maximum Gasteiger partial charge on any atom is 0.309 e. The van der Waals surface area contributed by atoms with E-state index < -0.39 is 11.4 Å². The lowest BCUT2D eigenvalue weighted by molar-refractivity contribution is -0.153. The molecule has 2 aliphatic rings. The molecule has 1 saturated heterocycles. The molecule has 1 N–H and O–H groups in total. The van der Waals surface area contributed by atoms with Gasteiger partial charge in [0.05, 0.1) is 5.41 Å². The molecule has 19 heavy (non-hydrogen) atoms. The van der Waals surface area contributed by atoms with E-state index in [0.717, 1.165) is 32.2 Å². The fourth-order valence-electron chi connectivity index (χ4n) is 3.02. The molecule has 0 aromatic carbocycles. The highest BCUT2D eigenvalue weighted by Crippen LogP contribution is 2.35. The number of carbonyl (C=O) groups excluding carboxylic acids is 1. The van der Waals surface area contributed by atoms with Crippen LogP contribution in [0.4, 0.5) is 0 Å². The third-order valence-corrected chi connectivity index (χ3v) is 4.66. The van der Waals surface area contributed by atoms with Gasteiger partial charge in [-0.3, -0.25) is 9.59 Å². The van der Waals surface area contributed by atoms with E-state index >= 15 is 0 Å². The van der Waals surface area contributed by atoms with E-state index in [0.29, 0.717) is 6.54 Å². The van der Waals surface area contributed by atoms with Crippen molar-refractivity contribution in [1.82, 2.24) is 4.90 Å². The molecule has 0 aromatic heterocycles. The van der Waals surface area contributed by atoms with Crippen LogP contribution in [0.3, 0.4) is 0 Å². The van der Waals surface area contributed by atoms with E-state index in [1.54, 1.807) is 13.8 Å². The summed E-state index contributed by atoms with van der Waals surface area (Å²) >= 11 is 0. The summed E-state index contributed by atoms with van der Waals surface area (Å²) in [5, 5.41) is 9.32. The number of allylic oxidation sites excluding steroid dienone is 2. The molecule has 0 radical (unpaired) electrons. The first-order valence-corrected chi connectivity index (χ1v) is 7.10. The number of carboxylic acid groups (broad SMARTS) is 1. The molecule has 4 nitrogen and oxygen atoms in total. The second-order valence-electron chi connectivity index (χ2n) is 6.29. The summed E-state index contributed by atoms with van der Waals surface area (Å²) in [6.45, 7) is 4.91. The summed E-state index contributed by atoms with van der Waals surface area (Å²) in [6, 6.07) is 0. The van der Waals surface area contributed by atoms with Crippen molar-refractivity contribution >= 4 is 11.9 Å². The zero-order valence-electron chi connectivity index (χ0n) is 11.8. The van der Waals surface area contributed by atoms with Crippen molar-refractivity contribution in [2.45, 2.75) is 39.5 Å². The quantitative estimate of drug-likeness (QED) is 0.797. The molecule has 2 rings (SSSR count). The number of aliphatic carboxylic acids is 1. The third kappa shape index (κ3) is 2.82. The van der Waals surface area contributed by atoms with Crippen LogP contribution in [0.25, 0.3) is 0 Å². The Bertz CT molecular complexity index is 392. The summed E-state index contributed by atoms with van der Waals surface area (Å²) in [6.07, 6.45) is 7.60. The van der Waals surface area contributed by atoms with Crippen molar-refractivity contribution in [1.29, 1.82) is 0 Å². The van der Waals surface area contributed by atoms with Crippen LogP contribution < -0.4 is 0 Å². The molecule has 1 atom stereocenters. The minimum absolute atomic E-state index is 0.0528. The van der Waals surface area contributed by atoms with Crippen molar-refractivity contribution in [2.24, 2.45) is 17.3 Å². The van der Waals surface area contributed by atoms with Gasteiger partial charge in [-0.15, -0.1) is 0 Å². The molecule has 106 valence electrons. The SMILES string of the molecule is CC(C)(C(=O)O)C1CCCN(C(=O)C2CC=CC2)C1. The number of nitrogens with zero attached hydrogens (tertiary/aromatic N) is 1. The monoisotopic (exact) mass is 265 g/mol. The van der Waals surface area contributed by atoms with E-state index in [1.807, 2.05) is 4.90 Å². The van der Waals surface area contributed by atoms with Crippen LogP contribution in [0.2, 0.25) is 0 Å². The van der Waals surface area contributed by atoms with Crippen molar-refractivity contribution in [3.05, 3.63) is 12.2 Å². The number of hydrogen-bond acceptors (Lipinski definition) is 2. The summed E-state index contributed by atoms with van der Waals surface area (Å²) < 4.78 is 0. The number of rotatable bonds is 3. The maximum absolute atomic E-state index is 12.4. The lowest BCUT2D eigenvalue weighted by Crippen LogP contribution is -2.48. The lowest BCUT2D eigenvalue weighted by atomic mass is 9.74. The fraction of sp³-hybridized carbons (Fsp3) is 0.733. The van der Waals surface area contributed by atoms with Gasteiger partial charge in [0.15, 0.2) is 0 Å². The molecule has 0 spiro atoms. The Morgan fingerprint density at radius 3 is 2.47 bits per heavy atom. The summed E-state index contributed by atoms with van der Waals surface area (Å²) in [7, 11) is 0. The number of amides is 1. The zero-order chi connectivity index (χ0) is 14.0. The van der Waals surface area contributed by atoms with Crippen LogP contribution in [-0.2, 0) is 9.59 Å². The third-order valence-electron chi connectivity index (χ3n) is 4.66. The largest absolute Gasteiger partial charge is 0.481 e. The Kier molecular flexibility index (Phi) is 3.97. The van der Waals surface area contributed by atoms with Crippen molar-refractivity contribution in [3.8, 4) is 0 Å². The number of piperidine rings is 1. The average Bonchev–Trinajstić information content (AvgIpc) is 2.91. The van der Waals surface area contributed by atoms with Gasteiger partial charge in [-0.05, 0) is 45.4 Å². The first-order valence-electron chi connectivity index (χ1n) is 7.10. The van der Waals surface area contributed by atoms with Crippen LogP contribution in [0.5, 0.6) is 0 Å². The summed E-state index contributed by atoms with van der Waals surface area (Å²) in [5.74, 6) is -0.422. The Morgan fingerprint density at radius 1 is 1.26 bits per heavy atom. The lowest BCUT2D eigenvalue weighted by Gasteiger charge is -2.40. The standard InChI is InChI=1S/C15H23NO3/c1-15(2,14(18)19)12-8-5-9-16(10-12)13(17)11-6-3-4-7-11/h3-4,11-12H,5-10H2,1-2H3,(H,18,19). The van der Waals surface area contributed by atoms with Gasteiger partial charge in [0.1, 0.15) is 0 Å². The Morgan fingerprint density at radius 2 is 1.89 bits per heavy atom. The van der Waals surface area contributed by atoms with Crippen LogP contribution >= 0.6 is 0 Å². The molecular weight excluding hydrogens is 242 g/mol. The minimum Gasteiger partial charge on any atom is -0.481 e. The highest BCUT2D eigenvalue weighted by molar-refractivity contribution is 5.80. The molecule has 4 heteroatoms. The van der Waals surface area contributed by atoms with Crippen molar-refractivity contribution in [3.63, 3.8) is 0 Å². The van der Waals surface area contributed by atoms with Crippen molar-refractivity contribution < 1.29 is 14.7 Å². The van der Waals surface area contributed by atoms with Crippen LogP contribution in [0, 0.1) is 17.3 Å². The predicted octanol–water partition coefficient (Wildman–Crippen LogP) is 2.30. The molecule has 1 unspecified atom stereocenters. The van der Waals surface area contributed by atoms with Crippen LogP contribution in [-0.4, -0.2) is 35.0 Å². The molecule has 0 saturated carbocycles. The smallest absolute Gasteiger partial charge is 0.309 e. The number of carboxylic acids is 1. The van der Waals surface area contributed by atoms with E-state index in [2.05, 4.69) is 12.2 Å². The molecule has 1 fully saturated rings. The van der Waals surface area contributed by atoms with Gasteiger partial charge in [-0.2, -0.15) is 0 Å². The van der Waals surface area contributed by atoms with Gasteiger partial charge >= 0.3 is 5.97 Å². The molecule has 0 bridgehead atoms. The van der Waals surface area contributed by atoms with E-state index in [-0.39, 0.29) is 17.7 Å². The molecule has 0 aromatic rings. The normalized spacial score (nSPS) is 24.7. The first-order chi connectivity index (χ1) is 8.93. The van der Waals surface area contributed by atoms with Gasteiger partial charge < -0.3 is 10.0 Å². The topological polar surface area (TPSA) is 57.6 Å². The highest BCUT2D eigenvalue weighted by Gasteiger charge is 2.40. The number of likely N-dealkylation sites (tertiary alicyclic amines) is 1. The Labute approximate surface area is 114 Å². The van der Waals surface area contributed by atoms with Gasteiger partial charge in [0, 0.05) is 19.0 Å². The first kappa shape index (κ1) is 14.1.